The SMILES string of the molecule is OC(CNCC1(O)CCOCC1)c1ccc(F)c(F)c1. The number of nitrogens with one attached hydrogen (secondary N) is 1. The first-order valence-corrected chi connectivity index (χ1v) is 6.64. The molecule has 0 amide bonds. The van der Waals surface area contributed by atoms with Crippen LogP contribution in [0.25, 0.3) is 0 Å². The zero-order valence-electron chi connectivity index (χ0n) is 11.1. The third-order valence-corrected chi connectivity index (χ3v) is 3.54. The van der Waals surface area contributed by atoms with Gasteiger partial charge in [0.05, 0.1) is 11.7 Å². The molecule has 6 heteroatoms. The fourth-order valence-corrected chi connectivity index (χ4v) is 2.21. The average Bonchev–Trinajstić information content (AvgIpc) is 2.42. The molecule has 1 aromatic rings. The van der Waals surface area contributed by atoms with E-state index in [4.69, 9.17) is 4.74 Å². The van der Waals surface area contributed by atoms with Crippen molar-refractivity contribution in [2.75, 3.05) is 26.3 Å². The van der Waals surface area contributed by atoms with Crippen LogP contribution in [-0.4, -0.2) is 42.1 Å². The van der Waals surface area contributed by atoms with E-state index in [1.807, 2.05) is 0 Å². The van der Waals surface area contributed by atoms with Crippen molar-refractivity contribution in [3.8, 4) is 0 Å². The predicted octanol–water partition coefficient (Wildman–Crippen LogP) is 1.13. The Labute approximate surface area is 116 Å². The zero-order chi connectivity index (χ0) is 14.6. The third kappa shape index (κ3) is 3.96. The van der Waals surface area contributed by atoms with Gasteiger partial charge >= 0.3 is 0 Å². The Morgan fingerprint density at radius 1 is 1.25 bits per heavy atom. The maximum absolute atomic E-state index is 13.1. The number of rotatable bonds is 5. The summed E-state index contributed by atoms with van der Waals surface area (Å²) in [5.41, 5.74) is -0.526. The van der Waals surface area contributed by atoms with Crippen LogP contribution in [0.15, 0.2) is 18.2 Å². The summed E-state index contributed by atoms with van der Waals surface area (Å²) < 4.78 is 31.0. The van der Waals surface area contributed by atoms with Gasteiger partial charge in [0.15, 0.2) is 11.6 Å². The quantitative estimate of drug-likeness (QED) is 0.760. The molecule has 3 N–H and O–H groups in total. The molecule has 0 radical (unpaired) electrons. The fourth-order valence-electron chi connectivity index (χ4n) is 2.21. The molecule has 4 nitrogen and oxygen atoms in total. The molecule has 1 aromatic carbocycles. The summed E-state index contributed by atoms with van der Waals surface area (Å²) >= 11 is 0. The molecule has 0 aliphatic carbocycles. The number of aliphatic hydroxyl groups is 2. The van der Waals surface area contributed by atoms with Crippen LogP contribution in [0, 0.1) is 11.6 Å². The van der Waals surface area contributed by atoms with E-state index in [9.17, 15) is 19.0 Å². The highest BCUT2D eigenvalue weighted by Crippen LogP contribution is 2.20. The second kappa shape index (κ2) is 6.58. The van der Waals surface area contributed by atoms with Gasteiger partial charge in [-0.2, -0.15) is 0 Å². The van der Waals surface area contributed by atoms with Gasteiger partial charge in [0, 0.05) is 39.1 Å². The molecule has 1 fully saturated rings. The Bertz CT molecular complexity index is 450. The first-order valence-electron chi connectivity index (χ1n) is 6.64. The highest BCUT2D eigenvalue weighted by atomic mass is 19.2. The summed E-state index contributed by atoms with van der Waals surface area (Å²) in [5.74, 6) is -1.92. The zero-order valence-corrected chi connectivity index (χ0v) is 11.1. The Morgan fingerprint density at radius 3 is 2.60 bits per heavy atom. The summed E-state index contributed by atoms with van der Waals surface area (Å²) in [7, 11) is 0. The molecule has 0 saturated carbocycles. The van der Waals surface area contributed by atoms with E-state index in [0.29, 0.717) is 38.2 Å². The fraction of sp³-hybridized carbons (Fsp3) is 0.571. The monoisotopic (exact) mass is 287 g/mol. The molecule has 1 saturated heterocycles. The molecule has 0 aromatic heterocycles. The molecule has 1 unspecified atom stereocenters. The molecule has 112 valence electrons. The summed E-state index contributed by atoms with van der Waals surface area (Å²) in [6.45, 7) is 1.53. The van der Waals surface area contributed by atoms with Crippen molar-refractivity contribution in [3.05, 3.63) is 35.4 Å². The van der Waals surface area contributed by atoms with Crippen LogP contribution in [0.5, 0.6) is 0 Å². The predicted molar refractivity (Wildman–Crippen MR) is 69.2 cm³/mol. The molecule has 1 heterocycles. The molecular formula is C14H19F2NO3. The van der Waals surface area contributed by atoms with Gasteiger partial charge in [0.2, 0.25) is 0 Å². The molecule has 20 heavy (non-hydrogen) atoms. The molecule has 1 aliphatic heterocycles. The van der Waals surface area contributed by atoms with Crippen LogP contribution < -0.4 is 5.32 Å². The van der Waals surface area contributed by atoms with Crippen LogP contribution in [-0.2, 0) is 4.74 Å². The number of halogens is 2. The average molecular weight is 287 g/mol. The van der Waals surface area contributed by atoms with Gasteiger partial charge in [-0.3, -0.25) is 0 Å². The van der Waals surface area contributed by atoms with Gasteiger partial charge in [-0.25, -0.2) is 8.78 Å². The first kappa shape index (κ1) is 15.3. The summed E-state index contributed by atoms with van der Waals surface area (Å²) in [6, 6.07) is 3.30. The van der Waals surface area contributed by atoms with Crippen molar-refractivity contribution in [2.45, 2.75) is 24.5 Å². The number of aliphatic hydroxyl groups excluding tert-OH is 1. The Hall–Kier alpha value is -1.08. The third-order valence-electron chi connectivity index (χ3n) is 3.54. The molecule has 2 rings (SSSR count). The van der Waals surface area contributed by atoms with Gasteiger partial charge in [0.1, 0.15) is 0 Å². The molecule has 0 spiro atoms. The number of hydrogen-bond donors (Lipinski definition) is 3. The minimum atomic E-state index is -0.982. The largest absolute Gasteiger partial charge is 0.388 e. The van der Waals surface area contributed by atoms with E-state index in [1.165, 1.54) is 6.07 Å². The minimum absolute atomic E-state index is 0.161. The summed E-state index contributed by atoms with van der Waals surface area (Å²) in [5, 5.41) is 23.0. The number of ether oxygens (including phenoxy) is 1. The highest BCUT2D eigenvalue weighted by molar-refractivity contribution is 5.20. The molecule has 1 aliphatic rings. The molecule has 1 atom stereocenters. The van der Waals surface area contributed by atoms with E-state index in [-0.39, 0.29) is 6.54 Å². The van der Waals surface area contributed by atoms with E-state index in [0.717, 1.165) is 12.1 Å². The normalized spacial score (nSPS) is 19.8. The summed E-state index contributed by atoms with van der Waals surface area (Å²) in [4.78, 5) is 0. The van der Waals surface area contributed by atoms with Crippen LogP contribution in [0.3, 0.4) is 0 Å². The van der Waals surface area contributed by atoms with Crippen molar-refractivity contribution in [3.63, 3.8) is 0 Å². The lowest BCUT2D eigenvalue weighted by molar-refractivity contribution is -0.0623. The second-order valence-electron chi connectivity index (χ2n) is 5.16. The van der Waals surface area contributed by atoms with E-state index >= 15 is 0 Å². The highest BCUT2D eigenvalue weighted by Gasteiger charge is 2.29. The van der Waals surface area contributed by atoms with E-state index < -0.39 is 23.3 Å². The maximum atomic E-state index is 13.1. The summed E-state index contributed by atoms with van der Waals surface area (Å²) in [6.07, 6.45) is 0.135. The van der Waals surface area contributed by atoms with Gasteiger partial charge in [-0.05, 0) is 17.7 Å². The van der Waals surface area contributed by atoms with Gasteiger partial charge < -0.3 is 20.3 Å². The Balaban J connectivity index is 1.82. The van der Waals surface area contributed by atoms with Gasteiger partial charge in [-0.1, -0.05) is 6.07 Å². The van der Waals surface area contributed by atoms with Crippen LogP contribution in [0.1, 0.15) is 24.5 Å². The molecular weight excluding hydrogens is 268 g/mol. The smallest absolute Gasteiger partial charge is 0.159 e. The van der Waals surface area contributed by atoms with Crippen molar-refractivity contribution < 1.29 is 23.7 Å². The van der Waals surface area contributed by atoms with Crippen molar-refractivity contribution in [1.29, 1.82) is 0 Å². The second-order valence-corrected chi connectivity index (χ2v) is 5.16. The van der Waals surface area contributed by atoms with Crippen LogP contribution >= 0.6 is 0 Å². The minimum Gasteiger partial charge on any atom is -0.388 e. The Kier molecular flexibility index (Phi) is 5.04. The van der Waals surface area contributed by atoms with Gasteiger partial charge in [-0.15, -0.1) is 0 Å². The maximum Gasteiger partial charge on any atom is 0.159 e. The van der Waals surface area contributed by atoms with Crippen molar-refractivity contribution >= 4 is 0 Å². The van der Waals surface area contributed by atoms with Crippen molar-refractivity contribution in [2.24, 2.45) is 0 Å². The van der Waals surface area contributed by atoms with E-state index in [1.54, 1.807) is 0 Å². The van der Waals surface area contributed by atoms with Crippen LogP contribution in [0.2, 0.25) is 0 Å². The molecule has 0 bridgehead atoms. The van der Waals surface area contributed by atoms with Crippen molar-refractivity contribution in [1.82, 2.24) is 5.32 Å². The first-order chi connectivity index (χ1) is 9.50. The topological polar surface area (TPSA) is 61.7 Å². The number of hydrogen-bond acceptors (Lipinski definition) is 4. The lowest BCUT2D eigenvalue weighted by Gasteiger charge is -2.32. The lowest BCUT2D eigenvalue weighted by atomic mass is 9.94. The number of benzene rings is 1. The lowest BCUT2D eigenvalue weighted by Crippen LogP contribution is -2.45. The van der Waals surface area contributed by atoms with Gasteiger partial charge in [0.25, 0.3) is 0 Å². The van der Waals surface area contributed by atoms with E-state index in [2.05, 4.69) is 5.32 Å². The Morgan fingerprint density at radius 2 is 1.95 bits per heavy atom. The van der Waals surface area contributed by atoms with Crippen LogP contribution in [0.4, 0.5) is 8.78 Å². The standard InChI is InChI=1S/C14H19F2NO3/c15-11-2-1-10(7-12(11)16)13(18)8-17-9-14(19)3-5-20-6-4-14/h1-2,7,13,17-19H,3-6,8-9H2.